The second-order valence-corrected chi connectivity index (χ2v) is 5.11. The average molecular weight is 304 g/mol. The Morgan fingerprint density at radius 2 is 2.21 bits per heavy atom. The Morgan fingerprint density at radius 1 is 1.47 bits per heavy atom. The van der Waals surface area contributed by atoms with E-state index in [0.717, 1.165) is 0 Å². The zero-order valence-electron chi connectivity index (χ0n) is 10.3. The van der Waals surface area contributed by atoms with Crippen molar-refractivity contribution in [3.05, 3.63) is 28.8 Å². The van der Waals surface area contributed by atoms with Crippen LogP contribution in [0.3, 0.4) is 0 Å². The van der Waals surface area contributed by atoms with Crippen LogP contribution in [-0.4, -0.2) is 42.2 Å². The number of carboxylic acid groups (broad SMARTS) is 1. The fourth-order valence-corrected chi connectivity index (χ4v) is 2.10. The van der Waals surface area contributed by atoms with Crippen LogP contribution in [0.25, 0.3) is 0 Å². The topological polar surface area (TPSA) is 75.6 Å². The molecule has 0 aromatic heterocycles. The monoisotopic (exact) mass is 303 g/mol. The van der Waals surface area contributed by atoms with Gasteiger partial charge in [-0.15, -0.1) is 11.8 Å². The van der Waals surface area contributed by atoms with Gasteiger partial charge in [0.2, 0.25) is 5.91 Å². The van der Waals surface area contributed by atoms with Gasteiger partial charge in [-0.25, -0.2) is 4.79 Å². The quantitative estimate of drug-likeness (QED) is 0.756. The van der Waals surface area contributed by atoms with Crippen LogP contribution in [0.1, 0.15) is 10.4 Å². The molecule has 0 aliphatic rings. The molecule has 0 atom stereocenters. The highest BCUT2D eigenvalue weighted by Gasteiger charge is 2.10. The van der Waals surface area contributed by atoms with Crippen LogP contribution in [0.5, 0.6) is 0 Å². The van der Waals surface area contributed by atoms with E-state index < -0.39 is 5.97 Å². The standard InChI is InChI=1S/C12H14ClNO4S/c1-18-4-5-19-7-11(15)14-10-6-8(12(16)17)2-3-9(10)13/h2-3,6H,4-5,7H2,1H3,(H,14,15)(H,16,17). The molecule has 0 fully saturated rings. The minimum Gasteiger partial charge on any atom is -0.478 e. The summed E-state index contributed by atoms with van der Waals surface area (Å²) < 4.78 is 4.86. The SMILES string of the molecule is COCCSCC(=O)Nc1cc(C(=O)O)ccc1Cl. The number of hydrogen-bond donors (Lipinski definition) is 2. The molecule has 0 spiro atoms. The van der Waals surface area contributed by atoms with E-state index in [1.54, 1.807) is 7.11 Å². The first-order chi connectivity index (χ1) is 9.04. The summed E-state index contributed by atoms with van der Waals surface area (Å²) in [6.45, 7) is 0.577. The molecular formula is C12H14ClNO4S. The van der Waals surface area contributed by atoms with E-state index >= 15 is 0 Å². The summed E-state index contributed by atoms with van der Waals surface area (Å²) in [6.07, 6.45) is 0. The van der Waals surface area contributed by atoms with Gasteiger partial charge in [-0.1, -0.05) is 11.6 Å². The van der Waals surface area contributed by atoms with Gasteiger partial charge in [-0.05, 0) is 18.2 Å². The number of rotatable bonds is 7. The van der Waals surface area contributed by atoms with E-state index in [4.69, 9.17) is 21.4 Å². The number of nitrogens with one attached hydrogen (secondary N) is 1. The molecule has 1 aromatic carbocycles. The van der Waals surface area contributed by atoms with Crippen LogP contribution in [-0.2, 0) is 9.53 Å². The largest absolute Gasteiger partial charge is 0.478 e. The highest BCUT2D eigenvalue weighted by Crippen LogP contribution is 2.23. The van der Waals surface area contributed by atoms with Crippen LogP contribution in [0.15, 0.2) is 18.2 Å². The fourth-order valence-electron chi connectivity index (χ4n) is 1.25. The summed E-state index contributed by atoms with van der Waals surface area (Å²) in [6, 6.07) is 4.16. The van der Waals surface area contributed by atoms with Gasteiger partial charge in [0.25, 0.3) is 0 Å². The van der Waals surface area contributed by atoms with Gasteiger partial charge < -0.3 is 15.2 Å². The van der Waals surface area contributed by atoms with Gasteiger partial charge in [0, 0.05) is 12.9 Å². The molecule has 7 heteroatoms. The average Bonchev–Trinajstić information content (AvgIpc) is 2.37. The molecule has 1 aromatic rings. The number of thioether (sulfide) groups is 1. The lowest BCUT2D eigenvalue weighted by Crippen LogP contribution is -2.15. The third kappa shape index (κ3) is 5.50. The lowest BCUT2D eigenvalue weighted by Gasteiger charge is -2.08. The number of carboxylic acids is 1. The molecule has 2 N–H and O–H groups in total. The maximum atomic E-state index is 11.6. The van der Waals surface area contributed by atoms with Crippen LogP contribution in [0.2, 0.25) is 5.02 Å². The molecule has 0 saturated carbocycles. The van der Waals surface area contributed by atoms with Gasteiger partial charge in [0.15, 0.2) is 0 Å². The molecule has 0 aliphatic carbocycles. The van der Waals surface area contributed by atoms with Crippen molar-refractivity contribution in [3.63, 3.8) is 0 Å². The Labute approximate surface area is 120 Å². The Kier molecular flexibility index (Phi) is 6.69. The summed E-state index contributed by atoms with van der Waals surface area (Å²) in [4.78, 5) is 22.5. The summed E-state index contributed by atoms with van der Waals surface area (Å²) in [5.74, 6) is -0.323. The third-order valence-corrected chi connectivity index (χ3v) is 3.40. The fraction of sp³-hybridized carbons (Fsp3) is 0.333. The van der Waals surface area contributed by atoms with Gasteiger partial charge >= 0.3 is 5.97 Å². The molecule has 19 heavy (non-hydrogen) atoms. The normalized spacial score (nSPS) is 10.2. The lowest BCUT2D eigenvalue weighted by molar-refractivity contribution is -0.113. The number of ether oxygens (including phenoxy) is 1. The number of halogens is 1. The van der Waals surface area contributed by atoms with Crippen molar-refractivity contribution in [1.82, 2.24) is 0 Å². The van der Waals surface area contributed by atoms with Gasteiger partial charge in [-0.3, -0.25) is 4.79 Å². The van der Waals surface area contributed by atoms with E-state index in [9.17, 15) is 9.59 Å². The smallest absolute Gasteiger partial charge is 0.335 e. The first-order valence-electron chi connectivity index (χ1n) is 5.44. The third-order valence-electron chi connectivity index (χ3n) is 2.15. The number of benzene rings is 1. The molecule has 5 nitrogen and oxygen atoms in total. The second-order valence-electron chi connectivity index (χ2n) is 3.59. The van der Waals surface area contributed by atoms with Crippen LogP contribution in [0.4, 0.5) is 5.69 Å². The van der Waals surface area contributed by atoms with E-state index in [0.29, 0.717) is 23.1 Å². The number of anilines is 1. The zero-order valence-corrected chi connectivity index (χ0v) is 11.9. The lowest BCUT2D eigenvalue weighted by atomic mass is 10.2. The molecule has 0 unspecified atom stereocenters. The van der Waals surface area contributed by atoms with E-state index in [1.807, 2.05) is 0 Å². The van der Waals surface area contributed by atoms with Crippen LogP contribution in [0, 0.1) is 0 Å². The van der Waals surface area contributed by atoms with E-state index in [-0.39, 0.29) is 17.2 Å². The number of hydrogen-bond acceptors (Lipinski definition) is 4. The Bertz CT molecular complexity index is 467. The van der Waals surface area contributed by atoms with Crippen LogP contribution < -0.4 is 5.32 Å². The second kappa shape index (κ2) is 8.04. The van der Waals surface area contributed by atoms with Crippen molar-refractivity contribution in [1.29, 1.82) is 0 Å². The number of amides is 1. The highest BCUT2D eigenvalue weighted by atomic mass is 35.5. The van der Waals surface area contributed by atoms with E-state index in [2.05, 4.69) is 5.32 Å². The molecular weight excluding hydrogens is 290 g/mol. The maximum Gasteiger partial charge on any atom is 0.335 e. The number of carbonyl (C=O) groups excluding carboxylic acids is 1. The van der Waals surface area contributed by atoms with Gasteiger partial charge in [0.1, 0.15) is 0 Å². The van der Waals surface area contributed by atoms with Gasteiger partial charge in [-0.2, -0.15) is 0 Å². The molecule has 0 aliphatic heterocycles. The molecule has 0 bridgehead atoms. The molecule has 1 rings (SSSR count). The first-order valence-corrected chi connectivity index (χ1v) is 6.97. The van der Waals surface area contributed by atoms with Crippen molar-refractivity contribution < 1.29 is 19.4 Å². The highest BCUT2D eigenvalue weighted by molar-refractivity contribution is 7.99. The predicted molar refractivity (Wildman–Crippen MR) is 76.2 cm³/mol. The molecule has 0 radical (unpaired) electrons. The molecule has 104 valence electrons. The van der Waals surface area contributed by atoms with E-state index in [1.165, 1.54) is 30.0 Å². The van der Waals surface area contributed by atoms with Crippen molar-refractivity contribution in [2.24, 2.45) is 0 Å². The van der Waals surface area contributed by atoms with Crippen LogP contribution >= 0.6 is 23.4 Å². The Morgan fingerprint density at radius 3 is 2.84 bits per heavy atom. The minimum atomic E-state index is -1.07. The van der Waals surface area contributed by atoms with Crippen molar-refractivity contribution in [2.45, 2.75) is 0 Å². The Hall–Kier alpha value is -1.24. The van der Waals surface area contributed by atoms with Crippen molar-refractivity contribution in [3.8, 4) is 0 Å². The molecule has 1 amide bonds. The number of carbonyl (C=O) groups is 2. The van der Waals surface area contributed by atoms with Crippen molar-refractivity contribution >= 4 is 40.9 Å². The molecule has 0 heterocycles. The zero-order chi connectivity index (χ0) is 14.3. The maximum absolute atomic E-state index is 11.6. The molecule has 0 saturated heterocycles. The van der Waals surface area contributed by atoms with Gasteiger partial charge in [0.05, 0.1) is 28.6 Å². The Balaban J connectivity index is 2.58. The van der Waals surface area contributed by atoms with Crippen molar-refractivity contribution in [2.75, 3.05) is 30.5 Å². The summed E-state index contributed by atoms with van der Waals surface area (Å²) >= 11 is 7.32. The number of aromatic carboxylic acids is 1. The predicted octanol–water partition coefficient (Wildman–Crippen LogP) is 2.36. The first kappa shape index (κ1) is 15.8. The number of methoxy groups -OCH3 is 1. The summed E-state index contributed by atoms with van der Waals surface area (Å²) in [7, 11) is 1.60. The summed E-state index contributed by atoms with van der Waals surface area (Å²) in [5.41, 5.74) is 0.380. The summed E-state index contributed by atoms with van der Waals surface area (Å²) in [5, 5.41) is 11.8. The minimum absolute atomic E-state index is 0.0757.